The summed E-state index contributed by atoms with van der Waals surface area (Å²) >= 11 is 0. The summed E-state index contributed by atoms with van der Waals surface area (Å²) in [7, 11) is 0. The zero-order chi connectivity index (χ0) is 46.2. The smallest absolute Gasteiger partial charge is 0.247 e. The normalized spacial score (nSPS) is 15.2. The summed E-state index contributed by atoms with van der Waals surface area (Å²) in [5.41, 5.74) is 29.6. The predicted octanol–water partition coefficient (Wildman–Crippen LogP) is 14.8. The molecule has 4 aliphatic rings. The summed E-state index contributed by atoms with van der Waals surface area (Å²) in [6.07, 6.45) is 0. The van der Waals surface area contributed by atoms with Crippen molar-refractivity contribution in [2.24, 2.45) is 0 Å². The van der Waals surface area contributed by atoms with Crippen LogP contribution in [0.2, 0.25) is 0 Å². The first-order chi connectivity index (χ1) is 33.8. The van der Waals surface area contributed by atoms with Crippen LogP contribution < -0.4 is 21.3 Å². The molecule has 14 rings (SSSR count). The standard InChI is InChI=1S/C67H50BN/c1-42-35-36-59-53(37-42)64(51-30-12-11-25-46(51)43-21-7-5-8-22-43)54-38-45(66(2,3)4)39-63-65(54)68(59)60-40-52-50-29-15-19-33-57(50)67(55-31-17-13-27-48(55)49-28-14-18-32-56(49)67)58(52)41-62(60)69(63)61-34-20-16-26-47(61)44-23-9-6-10-24-44/h5-41,64H,1-4H3. The Morgan fingerprint density at radius 2 is 0.928 bits per heavy atom. The maximum absolute atomic E-state index is 2.69. The zero-order valence-corrected chi connectivity index (χ0v) is 39.5. The van der Waals surface area contributed by atoms with Crippen LogP contribution in [0.15, 0.2) is 224 Å². The first-order valence-corrected chi connectivity index (χ1v) is 24.7. The SMILES string of the molecule is Cc1ccc2c(c1)C(c1ccccc1-c1ccccc1)c1cc(C(C)(C)C)cc3c1B2c1cc2c(cc1N3c1ccccc1-c1ccccc1)C1(c3ccccc3-c3ccccc31)c1ccccc1-2. The Bertz CT molecular complexity index is 3700. The molecule has 0 aromatic heterocycles. The zero-order valence-electron chi connectivity index (χ0n) is 39.5. The number of hydrogen-bond donors (Lipinski definition) is 0. The molecule has 10 aromatic rings. The van der Waals surface area contributed by atoms with Crippen molar-refractivity contribution in [2.45, 2.75) is 44.4 Å². The van der Waals surface area contributed by atoms with Gasteiger partial charge in [-0.2, -0.15) is 0 Å². The third-order valence-electron chi connectivity index (χ3n) is 16.0. The molecule has 69 heavy (non-hydrogen) atoms. The second-order valence-corrected chi connectivity index (χ2v) is 20.8. The summed E-state index contributed by atoms with van der Waals surface area (Å²) in [4.78, 5) is 2.69. The van der Waals surface area contributed by atoms with Gasteiger partial charge in [-0.05, 0) is 125 Å². The molecule has 326 valence electrons. The van der Waals surface area contributed by atoms with Gasteiger partial charge < -0.3 is 4.90 Å². The van der Waals surface area contributed by atoms with Crippen molar-refractivity contribution in [1.29, 1.82) is 0 Å². The van der Waals surface area contributed by atoms with Gasteiger partial charge in [-0.1, -0.05) is 238 Å². The number of fused-ring (bicyclic) bond motifs is 14. The van der Waals surface area contributed by atoms with Gasteiger partial charge in [0, 0.05) is 22.9 Å². The minimum atomic E-state index is -0.481. The molecule has 1 nitrogen and oxygen atoms in total. The first kappa shape index (κ1) is 40.2. The monoisotopic (exact) mass is 879 g/mol. The van der Waals surface area contributed by atoms with Crippen molar-refractivity contribution in [3.63, 3.8) is 0 Å². The van der Waals surface area contributed by atoms with Gasteiger partial charge in [0.05, 0.1) is 11.1 Å². The molecule has 2 heterocycles. The van der Waals surface area contributed by atoms with E-state index in [1.54, 1.807) is 0 Å². The van der Waals surface area contributed by atoms with Crippen LogP contribution in [0.5, 0.6) is 0 Å². The van der Waals surface area contributed by atoms with Crippen LogP contribution >= 0.6 is 0 Å². The molecule has 0 radical (unpaired) electrons. The second-order valence-electron chi connectivity index (χ2n) is 20.8. The van der Waals surface area contributed by atoms with E-state index >= 15 is 0 Å². The maximum atomic E-state index is 2.69. The minimum absolute atomic E-state index is 0.00119. The van der Waals surface area contributed by atoms with E-state index in [0.717, 1.165) is 0 Å². The van der Waals surface area contributed by atoms with Gasteiger partial charge in [-0.25, -0.2) is 0 Å². The quantitative estimate of drug-likeness (QED) is 0.159. The highest BCUT2D eigenvalue weighted by molar-refractivity contribution is 6.99. The number of benzene rings is 10. The third kappa shape index (κ3) is 5.61. The van der Waals surface area contributed by atoms with E-state index in [4.69, 9.17) is 0 Å². The summed E-state index contributed by atoms with van der Waals surface area (Å²) in [5, 5.41) is 0. The molecule has 1 spiro atoms. The lowest BCUT2D eigenvalue weighted by Gasteiger charge is -2.45. The molecule has 0 saturated carbocycles. The molecule has 2 aliphatic carbocycles. The van der Waals surface area contributed by atoms with Crippen LogP contribution in [0, 0.1) is 6.92 Å². The van der Waals surface area contributed by atoms with E-state index in [-0.39, 0.29) is 18.0 Å². The van der Waals surface area contributed by atoms with E-state index in [1.165, 1.54) is 128 Å². The average molecular weight is 880 g/mol. The summed E-state index contributed by atoms with van der Waals surface area (Å²) in [6.45, 7) is 9.41. The summed E-state index contributed by atoms with van der Waals surface area (Å²) < 4.78 is 0. The fourth-order valence-electron chi connectivity index (χ4n) is 13.1. The van der Waals surface area contributed by atoms with E-state index < -0.39 is 5.41 Å². The lowest BCUT2D eigenvalue weighted by Crippen LogP contribution is -2.62. The van der Waals surface area contributed by atoms with E-state index in [9.17, 15) is 0 Å². The average Bonchev–Trinajstić information content (AvgIpc) is 3.85. The first-order valence-electron chi connectivity index (χ1n) is 24.7. The van der Waals surface area contributed by atoms with E-state index in [2.05, 4.69) is 257 Å². The molecule has 0 fully saturated rings. The van der Waals surface area contributed by atoms with Gasteiger partial charge >= 0.3 is 0 Å². The van der Waals surface area contributed by atoms with E-state index in [0.29, 0.717) is 0 Å². The maximum Gasteiger partial charge on any atom is 0.247 e. The van der Waals surface area contributed by atoms with Gasteiger partial charge in [-0.15, -0.1) is 0 Å². The third-order valence-corrected chi connectivity index (χ3v) is 16.0. The van der Waals surface area contributed by atoms with Crippen molar-refractivity contribution in [2.75, 3.05) is 4.90 Å². The van der Waals surface area contributed by atoms with Gasteiger partial charge in [0.1, 0.15) is 0 Å². The van der Waals surface area contributed by atoms with Crippen LogP contribution in [-0.2, 0) is 10.8 Å². The Balaban J connectivity index is 1.14. The molecule has 0 N–H and O–H groups in total. The van der Waals surface area contributed by atoms with Gasteiger partial charge in [0.15, 0.2) is 0 Å². The second kappa shape index (κ2) is 14.8. The van der Waals surface area contributed by atoms with Crippen molar-refractivity contribution in [1.82, 2.24) is 0 Å². The van der Waals surface area contributed by atoms with Crippen LogP contribution in [0.1, 0.15) is 76.8 Å². The minimum Gasteiger partial charge on any atom is -0.311 e. The Morgan fingerprint density at radius 1 is 0.391 bits per heavy atom. The lowest BCUT2D eigenvalue weighted by atomic mass is 9.30. The Kier molecular flexibility index (Phi) is 8.60. The number of para-hydroxylation sites is 1. The van der Waals surface area contributed by atoms with Crippen molar-refractivity contribution in [3.05, 3.63) is 275 Å². The lowest BCUT2D eigenvalue weighted by molar-refractivity contribution is 0.589. The predicted molar refractivity (Wildman–Crippen MR) is 290 cm³/mol. The fraction of sp³-hybridized carbons (Fsp3) is 0.104. The summed E-state index contributed by atoms with van der Waals surface area (Å²) in [5.74, 6) is 0.00119. The molecule has 2 aliphatic heterocycles. The van der Waals surface area contributed by atoms with Gasteiger partial charge in [0.25, 0.3) is 0 Å². The van der Waals surface area contributed by atoms with E-state index in [1.807, 2.05) is 0 Å². The van der Waals surface area contributed by atoms with Gasteiger partial charge in [0.2, 0.25) is 6.71 Å². The molecule has 0 amide bonds. The van der Waals surface area contributed by atoms with Crippen molar-refractivity contribution in [3.8, 4) is 44.5 Å². The molecule has 1 unspecified atom stereocenters. The van der Waals surface area contributed by atoms with Crippen molar-refractivity contribution < 1.29 is 0 Å². The highest BCUT2D eigenvalue weighted by atomic mass is 15.2. The fourth-order valence-corrected chi connectivity index (χ4v) is 13.1. The molecular weight excluding hydrogens is 830 g/mol. The molecular formula is C67H50BN. The molecule has 2 heteroatoms. The Morgan fingerprint density at radius 3 is 1.57 bits per heavy atom. The van der Waals surface area contributed by atoms with Gasteiger partial charge in [-0.3, -0.25) is 0 Å². The van der Waals surface area contributed by atoms with Crippen LogP contribution in [0.3, 0.4) is 0 Å². The summed E-state index contributed by atoms with van der Waals surface area (Å²) in [6, 6.07) is 85.8. The van der Waals surface area contributed by atoms with Crippen LogP contribution in [0.25, 0.3) is 44.5 Å². The molecule has 0 saturated heterocycles. The Hall–Kier alpha value is -7.94. The highest BCUT2D eigenvalue weighted by Gasteiger charge is 2.53. The number of hydrogen-bond acceptors (Lipinski definition) is 1. The number of rotatable bonds is 4. The highest BCUT2D eigenvalue weighted by Crippen LogP contribution is 2.63. The number of nitrogens with zero attached hydrogens (tertiary/aromatic N) is 1. The number of aryl methyl sites for hydroxylation is 1. The number of anilines is 3. The Labute approximate surface area is 406 Å². The molecule has 0 bridgehead atoms. The topological polar surface area (TPSA) is 3.24 Å². The van der Waals surface area contributed by atoms with Crippen molar-refractivity contribution >= 4 is 40.2 Å². The largest absolute Gasteiger partial charge is 0.311 e. The van der Waals surface area contributed by atoms with Crippen LogP contribution in [-0.4, -0.2) is 6.71 Å². The molecule has 1 atom stereocenters. The molecule has 10 aromatic carbocycles. The van der Waals surface area contributed by atoms with Crippen LogP contribution in [0.4, 0.5) is 17.1 Å².